The molecule has 0 aliphatic carbocycles. The van der Waals surface area contributed by atoms with E-state index in [9.17, 15) is 0 Å². The van der Waals surface area contributed by atoms with Crippen LogP contribution in [-0.2, 0) is 6.54 Å². The molecule has 3 rings (SSSR count). The summed E-state index contributed by atoms with van der Waals surface area (Å²) >= 11 is 3.32. The third-order valence-electron chi connectivity index (χ3n) is 2.79. The van der Waals surface area contributed by atoms with Gasteiger partial charge in [0.1, 0.15) is 0 Å². The van der Waals surface area contributed by atoms with Crippen molar-refractivity contribution in [2.45, 2.75) is 11.4 Å². The maximum atomic E-state index is 5.69. The molecule has 92 valence electrons. The van der Waals surface area contributed by atoms with Crippen molar-refractivity contribution in [3.05, 3.63) is 35.5 Å². The molecule has 2 N–H and O–H groups in total. The van der Waals surface area contributed by atoms with E-state index in [0.717, 1.165) is 22.0 Å². The van der Waals surface area contributed by atoms with Crippen LogP contribution in [0.15, 0.2) is 34.5 Å². The number of thioether (sulfide) groups is 1. The van der Waals surface area contributed by atoms with Gasteiger partial charge in [-0.1, -0.05) is 12.1 Å². The molecule has 0 bridgehead atoms. The predicted octanol–water partition coefficient (Wildman–Crippen LogP) is 2.64. The van der Waals surface area contributed by atoms with Crippen LogP contribution in [0.3, 0.4) is 0 Å². The number of nitrogens with two attached hydrogens (primary N) is 1. The van der Waals surface area contributed by atoms with Crippen LogP contribution in [0, 0.1) is 0 Å². The van der Waals surface area contributed by atoms with E-state index in [-0.39, 0.29) is 0 Å². The van der Waals surface area contributed by atoms with E-state index in [2.05, 4.69) is 46.1 Å². The number of rotatable bonds is 3. The Bertz CT molecular complexity index is 669. The fourth-order valence-corrected chi connectivity index (χ4v) is 3.13. The highest BCUT2D eigenvalue weighted by Crippen LogP contribution is 2.27. The third-order valence-corrected chi connectivity index (χ3v) is 4.35. The third kappa shape index (κ3) is 1.82. The summed E-state index contributed by atoms with van der Waals surface area (Å²) in [6, 6.07) is 8.48. The van der Waals surface area contributed by atoms with Crippen molar-refractivity contribution in [3.63, 3.8) is 0 Å². The van der Waals surface area contributed by atoms with E-state index in [1.54, 1.807) is 23.1 Å². The maximum absolute atomic E-state index is 5.69. The van der Waals surface area contributed by atoms with Crippen LogP contribution in [0.4, 0.5) is 0 Å². The molecule has 0 radical (unpaired) electrons. The van der Waals surface area contributed by atoms with Crippen LogP contribution in [-0.4, -0.2) is 20.9 Å². The summed E-state index contributed by atoms with van der Waals surface area (Å²) in [6.07, 6.45) is 2.07. The summed E-state index contributed by atoms with van der Waals surface area (Å²) in [4.78, 5) is 2.15. The summed E-state index contributed by atoms with van der Waals surface area (Å²) in [5.41, 5.74) is 7.96. The molecule has 0 spiro atoms. The molecular weight excluding hydrogens is 264 g/mol. The number of nitrogens with zero attached hydrogens (tertiary/aromatic N) is 3. The second-order valence-electron chi connectivity index (χ2n) is 3.79. The average molecular weight is 276 g/mol. The van der Waals surface area contributed by atoms with E-state index in [4.69, 9.17) is 5.73 Å². The predicted molar refractivity (Wildman–Crippen MR) is 76.0 cm³/mol. The highest BCUT2D eigenvalue weighted by Gasteiger charge is 2.11. The van der Waals surface area contributed by atoms with Gasteiger partial charge in [0.25, 0.3) is 0 Å². The number of hydrogen-bond acceptors (Lipinski definition) is 5. The number of fused-ring (bicyclic) bond motifs is 1. The Labute approximate surface area is 113 Å². The van der Waals surface area contributed by atoms with E-state index in [1.165, 1.54) is 4.90 Å². The lowest BCUT2D eigenvalue weighted by atomic mass is 10.2. The van der Waals surface area contributed by atoms with Crippen LogP contribution in [0.25, 0.3) is 16.2 Å². The van der Waals surface area contributed by atoms with Crippen LogP contribution in [0.1, 0.15) is 5.82 Å². The van der Waals surface area contributed by atoms with Crippen molar-refractivity contribution < 1.29 is 0 Å². The molecule has 0 amide bonds. The Hall–Kier alpha value is -1.37. The van der Waals surface area contributed by atoms with Gasteiger partial charge in [-0.15, -0.1) is 33.3 Å². The Balaban J connectivity index is 2.14. The van der Waals surface area contributed by atoms with Gasteiger partial charge in [0.2, 0.25) is 4.96 Å². The fourth-order valence-electron chi connectivity index (χ4n) is 1.87. The largest absolute Gasteiger partial charge is 0.324 e. The molecule has 0 unspecified atom stereocenters. The SMILES string of the molecule is CSc1ccc(-c2csc3nnc(CN)n23)cc1. The first kappa shape index (κ1) is 11.7. The van der Waals surface area contributed by atoms with Crippen LogP contribution in [0.5, 0.6) is 0 Å². The standard InChI is InChI=1S/C12H12N4S2/c1-17-9-4-2-8(3-5-9)10-7-18-12-15-14-11(6-13)16(10)12/h2-5,7H,6,13H2,1H3. The molecule has 4 nitrogen and oxygen atoms in total. The minimum Gasteiger partial charge on any atom is -0.324 e. The van der Waals surface area contributed by atoms with E-state index in [0.29, 0.717) is 6.54 Å². The molecular formula is C12H12N4S2. The average Bonchev–Trinajstić information content (AvgIpc) is 3.00. The number of hydrogen-bond donors (Lipinski definition) is 1. The number of aromatic nitrogens is 3. The molecule has 2 aromatic heterocycles. The van der Waals surface area contributed by atoms with Crippen molar-refractivity contribution in [2.75, 3.05) is 6.26 Å². The zero-order valence-electron chi connectivity index (χ0n) is 9.83. The zero-order valence-corrected chi connectivity index (χ0v) is 11.5. The molecule has 0 aliphatic heterocycles. The van der Waals surface area contributed by atoms with Gasteiger partial charge in [0.05, 0.1) is 12.2 Å². The topological polar surface area (TPSA) is 56.2 Å². The summed E-state index contributed by atoms with van der Waals surface area (Å²) in [6.45, 7) is 0.397. The van der Waals surface area contributed by atoms with Gasteiger partial charge in [-0.25, -0.2) is 0 Å². The molecule has 0 atom stereocenters. The van der Waals surface area contributed by atoms with Gasteiger partial charge >= 0.3 is 0 Å². The van der Waals surface area contributed by atoms with Crippen LogP contribution >= 0.6 is 23.1 Å². The lowest BCUT2D eigenvalue weighted by molar-refractivity contribution is 0.887. The van der Waals surface area contributed by atoms with E-state index < -0.39 is 0 Å². The van der Waals surface area contributed by atoms with E-state index >= 15 is 0 Å². The van der Waals surface area contributed by atoms with Crippen LogP contribution in [0.2, 0.25) is 0 Å². The van der Waals surface area contributed by atoms with Gasteiger partial charge in [0, 0.05) is 10.3 Å². The molecule has 0 saturated heterocycles. The zero-order chi connectivity index (χ0) is 12.5. The molecule has 2 heterocycles. The van der Waals surface area contributed by atoms with Crippen molar-refractivity contribution >= 4 is 28.1 Å². The Kier molecular flexibility index (Phi) is 3.07. The highest BCUT2D eigenvalue weighted by molar-refractivity contribution is 7.98. The normalized spacial score (nSPS) is 11.2. The summed E-state index contributed by atoms with van der Waals surface area (Å²) in [5, 5.41) is 10.3. The second kappa shape index (κ2) is 4.72. The Morgan fingerprint density at radius 3 is 2.72 bits per heavy atom. The van der Waals surface area contributed by atoms with Crippen molar-refractivity contribution in [3.8, 4) is 11.3 Å². The van der Waals surface area contributed by atoms with Crippen molar-refractivity contribution in [2.24, 2.45) is 5.73 Å². The molecule has 0 fully saturated rings. The Morgan fingerprint density at radius 1 is 1.28 bits per heavy atom. The molecule has 3 aromatic rings. The maximum Gasteiger partial charge on any atom is 0.216 e. The highest BCUT2D eigenvalue weighted by atomic mass is 32.2. The summed E-state index contributed by atoms with van der Waals surface area (Å²) < 4.78 is 2.03. The first-order valence-electron chi connectivity index (χ1n) is 5.49. The summed E-state index contributed by atoms with van der Waals surface area (Å²) in [5.74, 6) is 0.801. The molecule has 6 heteroatoms. The fraction of sp³-hybridized carbons (Fsp3) is 0.167. The van der Waals surface area contributed by atoms with Gasteiger partial charge in [-0.3, -0.25) is 4.40 Å². The summed E-state index contributed by atoms with van der Waals surface area (Å²) in [7, 11) is 0. The smallest absolute Gasteiger partial charge is 0.216 e. The van der Waals surface area contributed by atoms with Crippen LogP contribution < -0.4 is 5.73 Å². The van der Waals surface area contributed by atoms with Gasteiger partial charge < -0.3 is 5.73 Å². The quantitative estimate of drug-likeness (QED) is 0.747. The first-order valence-corrected chi connectivity index (χ1v) is 7.60. The Morgan fingerprint density at radius 2 is 2.06 bits per heavy atom. The van der Waals surface area contributed by atoms with Crippen molar-refractivity contribution in [1.82, 2.24) is 14.6 Å². The minimum atomic E-state index is 0.397. The number of benzene rings is 1. The van der Waals surface area contributed by atoms with Gasteiger partial charge in [-0.05, 0) is 24.0 Å². The monoisotopic (exact) mass is 276 g/mol. The first-order chi connectivity index (χ1) is 8.83. The number of thiazole rings is 1. The van der Waals surface area contributed by atoms with Gasteiger partial charge in [-0.2, -0.15) is 0 Å². The lowest BCUT2D eigenvalue weighted by Gasteiger charge is -2.03. The van der Waals surface area contributed by atoms with E-state index in [1.807, 2.05) is 4.40 Å². The van der Waals surface area contributed by atoms with Gasteiger partial charge in [0.15, 0.2) is 5.82 Å². The molecule has 1 aromatic carbocycles. The van der Waals surface area contributed by atoms with Crippen molar-refractivity contribution in [1.29, 1.82) is 0 Å². The lowest BCUT2D eigenvalue weighted by Crippen LogP contribution is -2.02. The molecule has 0 aliphatic rings. The molecule has 0 saturated carbocycles. The molecule has 18 heavy (non-hydrogen) atoms. The second-order valence-corrected chi connectivity index (χ2v) is 5.50. The minimum absolute atomic E-state index is 0.397.